The van der Waals surface area contributed by atoms with Crippen LogP contribution in [0.1, 0.15) is 18.4 Å². The van der Waals surface area contributed by atoms with Crippen molar-refractivity contribution in [2.24, 2.45) is 0 Å². The maximum Gasteiger partial charge on any atom is 0.416 e. The first kappa shape index (κ1) is 16.8. The van der Waals surface area contributed by atoms with E-state index in [0.29, 0.717) is 6.61 Å². The lowest BCUT2D eigenvalue weighted by Gasteiger charge is -2.13. The van der Waals surface area contributed by atoms with Crippen LogP contribution in [-0.2, 0) is 6.18 Å². The number of nitrogens with one attached hydrogen (secondary N) is 1. The Morgan fingerprint density at radius 3 is 1.92 bits per heavy atom. The molecule has 1 heterocycles. The maximum absolute atomic E-state index is 12.6. The number of benzene rings is 2. The van der Waals surface area contributed by atoms with E-state index in [0.717, 1.165) is 35.6 Å². The highest BCUT2D eigenvalue weighted by Crippen LogP contribution is 2.31. The topological polar surface area (TPSA) is 13.7 Å². The third-order valence-corrected chi connectivity index (χ3v) is 4.43. The summed E-state index contributed by atoms with van der Waals surface area (Å²) in [4.78, 5) is 1.59. The molecule has 2 nitrogen and oxygen atoms in total. The van der Waals surface area contributed by atoms with E-state index in [1.165, 1.54) is 38.1 Å². The molecule has 24 heavy (non-hydrogen) atoms. The zero-order chi connectivity index (χ0) is 17.0. The van der Waals surface area contributed by atoms with E-state index in [4.69, 9.17) is 4.74 Å². The number of hydrogen-bond donors (Lipinski definition) is 1. The summed E-state index contributed by atoms with van der Waals surface area (Å²) < 4.78 is 43.5. The van der Waals surface area contributed by atoms with Gasteiger partial charge in [0, 0.05) is 12.8 Å². The van der Waals surface area contributed by atoms with Crippen molar-refractivity contribution >= 4 is 0 Å². The summed E-state index contributed by atoms with van der Waals surface area (Å²) in [6.45, 7) is 4.17. The van der Waals surface area contributed by atoms with Crippen molar-refractivity contribution in [1.82, 2.24) is 0 Å². The molecule has 0 spiro atoms. The van der Waals surface area contributed by atoms with Crippen LogP contribution in [0.4, 0.5) is 13.2 Å². The first-order chi connectivity index (χ1) is 11.5. The Kier molecular flexibility index (Phi) is 5.09. The van der Waals surface area contributed by atoms with Crippen LogP contribution in [0.5, 0.6) is 5.75 Å². The molecule has 2 aromatic carbocycles. The molecule has 5 heteroatoms. The Labute approximate surface area is 139 Å². The molecule has 0 aliphatic carbocycles. The third-order valence-electron chi connectivity index (χ3n) is 4.43. The highest BCUT2D eigenvalue weighted by Gasteiger charge is 2.29. The number of alkyl halides is 3. The van der Waals surface area contributed by atoms with Crippen LogP contribution in [0.25, 0.3) is 11.1 Å². The highest BCUT2D eigenvalue weighted by molar-refractivity contribution is 5.64. The van der Waals surface area contributed by atoms with Crippen molar-refractivity contribution in [3.05, 3.63) is 54.1 Å². The molecule has 1 N–H and O–H groups in total. The summed E-state index contributed by atoms with van der Waals surface area (Å²) in [5.74, 6) is 0.796. The van der Waals surface area contributed by atoms with Gasteiger partial charge < -0.3 is 9.64 Å². The smallest absolute Gasteiger partial charge is 0.416 e. The predicted octanol–water partition coefficient (Wildman–Crippen LogP) is 3.43. The standard InChI is InChI=1S/C19H20F3NO/c20-19(21,22)17-7-3-15(4-8-17)16-5-9-18(10-6-16)24-14-13-23-11-1-2-12-23/h3-10H,1-2,11-14H2/p+1. The van der Waals surface area contributed by atoms with Crippen molar-refractivity contribution in [3.8, 4) is 16.9 Å². The Balaban J connectivity index is 1.57. The summed E-state index contributed by atoms with van der Waals surface area (Å²) in [6, 6.07) is 12.7. The van der Waals surface area contributed by atoms with Crippen molar-refractivity contribution < 1.29 is 22.8 Å². The second kappa shape index (κ2) is 7.26. The van der Waals surface area contributed by atoms with Gasteiger partial charge >= 0.3 is 6.18 Å². The number of quaternary nitrogens is 1. The van der Waals surface area contributed by atoms with Gasteiger partial charge in [-0.15, -0.1) is 0 Å². The average molecular weight is 336 g/mol. The Morgan fingerprint density at radius 2 is 1.38 bits per heavy atom. The fraction of sp³-hybridized carbons (Fsp3) is 0.368. The number of halogens is 3. The SMILES string of the molecule is FC(F)(F)c1ccc(-c2ccc(OCC[NH+]3CCCC3)cc2)cc1. The number of ether oxygens (including phenoxy) is 1. The van der Waals surface area contributed by atoms with E-state index in [1.54, 1.807) is 4.90 Å². The quantitative estimate of drug-likeness (QED) is 0.883. The summed E-state index contributed by atoms with van der Waals surface area (Å²) in [5, 5.41) is 0. The minimum absolute atomic E-state index is 0.629. The Bertz CT molecular complexity index is 644. The fourth-order valence-electron chi connectivity index (χ4n) is 3.03. The van der Waals surface area contributed by atoms with E-state index in [-0.39, 0.29) is 0 Å². The van der Waals surface area contributed by atoms with Crippen molar-refractivity contribution in [2.45, 2.75) is 19.0 Å². The molecular formula is C19H21F3NO+. The van der Waals surface area contributed by atoms with Gasteiger partial charge in [-0.3, -0.25) is 0 Å². The molecule has 0 radical (unpaired) electrons. The van der Waals surface area contributed by atoms with E-state index >= 15 is 0 Å². The Hall–Kier alpha value is -2.01. The molecule has 1 saturated heterocycles. The normalized spacial score (nSPS) is 15.6. The summed E-state index contributed by atoms with van der Waals surface area (Å²) in [7, 11) is 0. The minimum Gasteiger partial charge on any atom is -0.488 e. The minimum atomic E-state index is -4.30. The van der Waals surface area contributed by atoms with Crippen LogP contribution in [0.15, 0.2) is 48.5 Å². The van der Waals surface area contributed by atoms with Gasteiger partial charge in [0.05, 0.1) is 18.7 Å². The van der Waals surface area contributed by atoms with Crippen molar-refractivity contribution in [1.29, 1.82) is 0 Å². The van der Waals surface area contributed by atoms with Gasteiger partial charge in [0.15, 0.2) is 0 Å². The van der Waals surface area contributed by atoms with Crippen molar-refractivity contribution in [3.63, 3.8) is 0 Å². The zero-order valence-corrected chi connectivity index (χ0v) is 13.4. The third kappa shape index (κ3) is 4.29. The molecule has 2 aromatic rings. The lowest BCUT2D eigenvalue weighted by Crippen LogP contribution is -3.10. The second-order valence-corrected chi connectivity index (χ2v) is 6.16. The monoisotopic (exact) mass is 336 g/mol. The zero-order valence-electron chi connectivity index (χ0n) is 13.4. The van der Waals surface area contributed by atoms with Gasteiger partial charge in [0.1, 0.15) is 18.9 Å². The summed E-state index contributed by atoms with van der Waals surface area (Å²) in [6.07, 6.45) is -1.69. The number of likely N-dealkylation sites (tertiary alicyclic amines) is 1. The van der Waals surface area contributed by atoms with E-state index < -0.39 is 11.7 Å². The number of rotatable bonds is 5. The fourth-order valence-corrected chi connectivity index (χ4v) is 3.03. The molecule has 1 fully saturated rings. The predicted molar refractivity (Wildman–Crippen MR) is 87.2 cm³/mol. The van der Waals surface area contributed by atoms with E-state index in [1.807, 2.05) is 24.3 Å². The molecule has 0 atom stereocenters. The van der Waals surface area contributed by atoms with E-state index in [9.17, 15) is 13.2 Å². The average Bonchev–Trinajstić information content (AvgIpc) is 3.08. The van der Waals surface area contributed by atoms with Crippen LogP contribution in [0, 0.1) is 0 Å². The molecule has 3 rings (SSSR count). The van der Waals surface area contributed by atoms with Crippen LogP contribution in [0.2, 0.25) is 0 Å². The van der Waals surface area contributed by atoms with Gasteiger partial charge in [0.2, 0.25) is 0 Å². The first-order valence-electron chi connectivity index (χ1n) is 8.26. The van der Waals surface area contributed by atoms with Gasteiger partial charge in [-0.2, -0.15) is 13.2 Å². The summed E-state index contributed by atoms with van der Waals surface area (Å²) in [5.41, 5.74) is 1.01. The molecule has 0 saturated carbocycles. The second-order valence-electron chi connectivity index (χ2n) is 6.16. The first-order valence-corrected chi connectivity index (χ1v) is 8.26. The molecule has 0 unspecified atom stereocenters. The molecule has 1 aliphatic rings. The van der Waals surface area contributed by atoms with Crippen molar-refractivity contribution in [2.75, 3.05) is 26.2 Å². The van der Waals surface area contributed by atoms with Crippen LogP contribution >= 0.6 is 0 Å². The largest absolute Gasteiger partial charge is 0.488 e. The van der Waals surface area contributed by atoms with Gasteiger partial charge in [0.25, 0.3) is 0 Å². The lowest BCUT2D eigenvalue weighted by molar-refractivity contribution is -0.887. The molecule has 0 bridgehead atoms. The van der Waals surface area contributed by atoms with Gasteiger partial charge in [-0.05, 0) is 35.4 Å². The molecule has 0 amide bonds. The number of hydrogen-bond acceptors (Lipinski definition) is 1. The molecule has 128 valence electrons. The van der Waals surface area contributed by atoms with Crippen LogP contribution in [-0.4, -0.2) is 26.2 Å². The van der Waals surface area contributed by atoms with Crippen LogP contribution in [0.3, 0.4) is 0 Å². The highest BCUT2D eigenvalue weighted by atomic mass is 19.4. The van der Waals surface area contributed by atoms with Gasteiger partial charge in [-0.1, -0.05) is 24.3 Å². The molecule has 0 aromatic heterocycles. The van der Waals surface area contributed by atoms with Gasteiger partial charge in [-0.25, -0.2) is 0 Å². The van der Waals surface area contributed by atoms with E-state index in [2.05, 4.69) is 0 Å². The summed E-state index contributed by atoms with van der Waals surface area (Å²) >= 11 is 0. The van der Waals surface area contributed by atoms with Crippen LogP contribution < -0.4 is 9.64 Å². The molecular weight excluding hydrogens is 315 g/mol. The molecule has 1 aliphatic heterocycles. The lowest BCUT2D eigenvalue weighted by atomic mass is 10.0. The Morgan fingerprint density at radius 1 is 0.833 bits per heavy atom. The maximum atomic E-state index is 12.6.